The van der Waals surface area contributed by atoms with E-state index in [-0.39, 0.29) is 11.9 Å². The zero-order chi connectivity index (χ0) is 34.2. The number of halogens is 2. The van der Waals surface area contributed by atoms with E-state index in [2.05, 4.69) is 60.1 Å². The van der Waals surface area contributed by atoms with E-state index >= 15 is 0 Å². The quantitative estimate of drug-likeness (QED) is 0.321. The summed E-state index contributed by atoms with van der Waals surface area (Å²) in [6.45, 7) is 9.19. The van der Waals surface area contributed by atoms with Gasteiger partial charge in [0.25, 0.3) is 5.91 Å². The summed E-state index contributed by atoms with van der Waals surface area (Å²) in [5, 5.41) is 3.22. The fraction of sp³-hybridized carbons (Fsp3) is 0.583. The minimum atomic E-state index is -0.921. The molecule has 5 rings (SSSR count). The van der Waals surface area contributed by atoms with Crippen LogP contribution in [0.3, 0.4) is 0 Å². The molecule has 0 unspecified atom stereocenters. The molecule has 3 saturated heterocycles. The molecule has 12 heteroatoms. The van der Waals surface area contributed by atoms with Crippen LogP contribution in [0.5, 0.6) is 0 Å². The number of anilines is 1. The largest absolute Gasteiger partial charge is 0.436 e. The second-order valence-electron chi connectivity index (χ2n) is 13.4. The Kier molecular flexibility index (Phi) is 13.2. The van der Waals surface area contributed by atoms with Gasteiger partial charge in [-0.05, 0) is 81.0 Å². The van der Waals surface area contributed by atoms with Crippen molar-refractivity contribution in [3.8, 4) is 0 Å². The summed E-state index contributed by atoms with van der Waals surface area (Å²) in [5.74, 6) is -0.128. The third kappa shape index (κ3) is 9.31. The van der Waals surface area contributed by atoms with Gasteiger partial charge in [0.05, 0.1) is 0 Å². The maximum absolute atomic E-state index is 14.0. The van der Waals surface area contributed by atoms with Gasteiger partial charge >= 0.3 is 6.09 Å². The highest BCUT2D eigenvalue weighted by Crippen LogP contribution is 2.28. The van der Waals surface area contributed by atoms with E-state index in [1.54, 1.807) is 4.90 Å². The van der Waals surface area contributed by atoms with Gasteiger partial charge in [-0.15, -0.1) is 0 Å². The van der Waals surface area contributed by atoms with Crippen LogP contribution >= 0.6 is 31.9 Å². The number of piperazine rings is 1. The Balaban J connectivity index is 1.19. The summed E-state index contributed by atoms with van der Waals surface area (Å²) >= 11 is 7.27. The number of hydrogen-bond donors (Lipinski definition) is 1. The minimum absolute atomic E-state index is 0.0505. The van der Waals surface area contributed by atoms with Gasteiger partial charge in [0.15, 0.2) is 6.10 Å². The van der Waals surface area contributed by atoms with Crippen molar-refractivity contribution in [2.45, 2.75) is 63.6 Å². The van der Waals surface area contributed by atoms with Crippen molar-refractivity contribution >= 4 is 56.0 Å². The SMILES string of the molecule is CNc1ccccc1CCN(C=O)C1CCN(C(=O)O[C@H](Cc2cc(Br)c(C)c(Br)c2)C(=O)N2CCC(N3CCN(C)CC3)CC2)CC1. The standard InChI is InChI=1S/C36H50Br2N6O4/c1-26-31(37)22-27(23-32(26)38)24-34(35(46)42-14-9-29(10-15-42)41-20-18-40(3)19-21-41)48-36(47)43-16-11-30(12-17-43)44(25-45)13-8-28-6-4-5-7-33(28)39-2/h4-7,22-23,25,29-30,34,39H,8-21,24H2,1-3H3/t34-/m1/s1. The molecular formula is C36H50Br2N6O4. The lowest BCUT2D eigenvalue weighted by atomic mass is 10.00. The van der Waals surface area contributed by atoms with Crippen LogP contribution in [0.1, 0.15) is 42.4 Å². The number of nitrogens with one attached hydrogen (secondary N) is 1. The normalized spacial score (nSPS) is 19.2. The number of para-hydroxylation sites is 1. The summed E-state index contributed by atoms with van der Waals surface area (Å²) in [4.78, 5) is 50.1. The van der Waals surface area contributed by atoms with E-state index in [1.807, 2.05) is 54.1 Å². The molecule has 0 radical (unpaired) electrons. The molecule has 0 saturated carbocycles. The predicted octanol–water partition coefficient (Wildman–Crippen LogP) is 5.01. The molecule has 2 aromatic carbocycles. The second-order valence-corrected chi connectivity index (χ2v) is 15.1. The van der Waals surface area contributed by atoms with Crippen LogP contribution in [-0.2, 0) is 27.2 Å². The molecule has 0 aliphatic carbocycles. The molecule has 1 N–H and O–H groups in total. The number of rotatable bonds is 11. The highest BCUT2D eigenvalue weighted by Gasteiger charge is 2.35. The number of piperidine rings is 2. The Morgan fingerprint density at radius 2 is 1.58 bits per heavy atom. The number of ether oxygens (including phenoxy) is 1. The highest BCUT2D eigenvalue weighted by atomic mass is 79.9. The van der Waals surface area contributed by atoms with Gasteiger partial charge < -0.3 is 29.7 Å². The topological polar surface area (TPSA) is 88.7 Å². The Morgan fingerprint density at radius 3 is 2.21 bits per heavy atom. The molecular weight excluding hydrogens is 740 g/mol. The van der Waals surface area contributed by atoms with Gasteiger partial charge in [0.1, 0.15) is 0 Å². The lowest BCUT2D eigenvalue weighted by Gasteiger charge is -2.42. The molecule has 3 aliphatic rings. The summed E-state index contributed by atoms with van der Waals surface area (Å²) in [6, 6.07) is 12.7. The number of carbonyl (C=O) groups excluding carboxylic acids is 3. The van der Waals surface area contributed by atoms with Crippen molar-refractivity contribution in [3.05, 3.63) is 62.0 Å². The Bertz CT molecular complexity index is 1380. The summed E-state index contributed by atoms with van der Waals surface area (Å²) in [7, 11) is 4.07. The maximum Gasteiger partial charge on any atom is 0.410 e. The van der Waals surface area contributed by atoms with Crippen molar-refractivity contribution in [2.24, 2.45) is 0 Å². The number of carbonyl (C=O) groups is 3. The fourth-order valence-electron chi connectivity index (χ4n) is 7.18. The molecule has 3 fully saturated rings. The van der Waals surface area contributed by atoms with Crippen LogP contribution in [0.25, 0.3) is 0 Å². The Labute approximate surface area is 302 Å². The van der Waals surface area contributed by atoms with Gasteiger partial charge in [0.2, 0.25) is 6.41 Å². The minimum Gasteiger partial charge on any atom is -0.436 e. The van der Waals surface area contributed by atoms with E-state index in [1.165, 1.54) is 5.56 Å². The molecule has 3 amide bonds. The van der Waals surface area contributed by atoms with Crippen LogP contribution in [0.2, 0.25) is 0 Å². The summed E-state index contributed by atoms with van der Waals surface area (Å²) in [5.41, 5.74) is 4.22. The fourth-order valence-corrected chi connectivity index (χ4v) is 8.46. The molecule has 0 bridgehead atoms. The van der Waals surface area contributed by atoms with Gasteiger partial charge in [-0.3, -0.25) is 14.5 Å². The molecule has 262 valence electrons. The first kappa shape index (κ1) is 36.6. The number of likely N-dealkylation sites (tertiary alicyclic amines) is 2. The lowest BCUT2D eigenvalue weighted by molar-refractivity contribution is -0.142. The summed E-state index contributed by atoms with van der Waals surface area (Å²) in [6.07, 6.45) is 3.78. The van der Waals surface area contributed by atoms with Crippen LogP contribution < -0.4 is 5.32 Å². The second kappa shape index (κ2) is 17.3. The molecule has 1 atom stereocenters. The number of hydrogen-bond acceptors (Lipinski definition) is 7. The van der Waals surface area contributed by atoms with E-state index in [4.69, 9.17) is 4.74 Å². The van der Waals surface area contributed by atoms with Crippen molar-refractivity contribution < 1.29 is 19.1 Å². The van der Waals surface area contributed by atoms with Crippen molar-refractivity contribution in [3.63, 3.8) is 0 Å². The monoisotopic (exact) mass is 788 g/mol. The zero-order valence-corrected chi connectivity index (χ0v) is 31.7. The first-order valence-electron chi connectivity index (χ1n) is 17.2. The lowest BCUT2D eigenvalue weighted by Crippen LogP contribution is -2.54. The molecule has 3 heterocycles. The van der Waals surface area contributed by atoms with Crippen molar-refractivity contribution in [1.82, 2.24) is 24.5 Å². The van der Waals surface area contributed by atoms with Crippen LogP contribution in [0, 0.1) is 6.92 Å². The van der Waals surface area contributed by atoms with Crippen molar-refractivity contribution in [1.29, 1.82) is 0 Å². The van der Waals surface area contributed by atoms with Crippen LogP contribution in [0.4, 0.5) is 10.5 Å². The van der Waals surface area contributed by atoms with E-state index in [0.29, 0.717) is 58.0 Å². The Hall–Kier alpha value is -2.67. The Morgan fingerprint density at radius 1 is 0.958 bits per heavy atom. The average Bonchev–Trinajstić information content (AvgIpc) is 3.11. The van der Waals surface area contributed by atoms with Gasteiger partial charge in [0, 0.05) is 99.1 Å². The predicted molar refractivity (Wildman–Crippen MR) is 196 cm³/mol. The third-order valence-corrected chi connectivity index (χ3v) is 12.0. The maximum atomic E-state index is 14.0. The molecule has 3 aliphatic heterocycles. The number of amides is 3. The van der Waals surface area contributed by atoms with Gasteiger partial charge in [-0.2, -0.15) is 0 Å². The number of likely N-dealkylation sites (N-methyl/N-ethyl adjacent to an activating group) is 1. The smallest absolute Gasteiger partial charge is 0.410 e. The number of benzene rings is 2. The molecule has 2 aromatic rings. The van der Waals surface area contributed by atoms with Crippen LogP contribution in [-0.4, -0.2) is 134 Å². The molecule has 0 aromatic heterocycles. The molecule has 48 heavy (non-hydrogen) atoms. The van der Waals surface area contributed by atoms with Crippen molar-refractivity contribution in [2.75, 3.05) is 78.3 Å². The van der Waals surface area contributed by atoms with E-state index in [9.17, 15) is 14.4 Å². The molecule has 0 spiro atoms. The summed E-state index contributed by atoms with van der Waals surface area (Å²) < 4.78 is 7.96. The zero-order valence-electron chi connectivity index (χ0n) is 28.5. The third-order valence-electron chi connectivity index (χ3n) is 10.4. The molecule has 10 nitrogen and oxygen atoms in total. The first-order valence-corrected chi connectivity index (χ1v) is 18.8. The van der Waals surface area contributed by atoms with Gasteiger partial charge in [-0.25, -0.2) is 4.79 Å². The van der Waals surface area contributed by atoms with E-state index in [0.717, 1.165) is 77.6 Å². The van der Waals surface area contributed by atoms with Gasteiger partial charge in [-0.1, -0.05) is 50.1 Å². The highest BCUT2D eigenvalue weighted by molar-refractivity contribution is 9.11. The number of nitrogens with zero attached hydrogens (tertiary/aromatic N) is 5. The average molecular weight is 791 g/mol. The van der Waals surface area contributed by atoms with E-state index < -0.39 is 12.2 Å². The first-order chi connectivity index (χ1) is 23.2. The van der Waals surface area contributed by atoms with Crippen LogP contribution in [0.15, 0.2) is 45.3 Å².